The number of amides is 1. The number of benzene rings is 1. The van der Waals surface area contributed by atoms with E-state index in [0.29, 0.717) is 11.4 Å². The van der Waals surface area contributed by atoms with Crippen LogP contribution in [0.4, 0.5) is 11.5 Å². The molecule has 0 aliphatic carbocycles. The summed E-state index contributed by atoms with van der Waals surface area (Å²) in [6.45, 7) is 1.74. The van der Waals surface area contributed by atoms with Gasteiger partial charge in [0.25, 0.3) is 5.91 Å². The second-order valence-electron chi connectivity index (χ2n) is 6.13. The summed E-state index contributed by atoms with van der Waals surface area (Å²) < 4.78 is 5.61. The first-order valence-corrected chi connectivity index (χ1v) is 8.09. The number of rotatable bonds is 2. The van der Waals surface area contributed by atoms with Crippen molar-refractivity contribution in [1.29, 1.82) is 0 Å². The Balaban J connectivity index is 1.69. The highest BCUT2D eigenvalue weighted by atomic mass is 16.5. The molecule has 1 atom stereocenters. The normalized spacial score (nSPS) is 20.1. The third-order valence-corrected chi connectivity index (χ3v) is 4.32. The molecule has 1 amide bonds. The van der Waals surface area contributed by atoms with Crippen molar-refractivity contribution in [3.05, 3.63) is 30.6 Å². The fourth-order valence-corrected chi connectivity index (χ4v) is 3.17. The molecule has 0 spiro atoms. The molecule has 2 aliphatic heterocycles. The zero-order valence-corrected chi connectivity index (χ0v) is 13.2. The van der Waals surface area contributed by atoms with E-state index >= 15 is 0 Å². The monoisotopic (exact) mass is 325 g/mol. The Kier molecular flexibility index (Phi) is 3.78. The van der Waals surface area contributed by atoms with Gasteiger partial charge in [-0.25, -0.2) is 4.98 Å². The van der Waals surface area contributed by atoms with Crippen molar-refractivity contribution in [1.82, 2.24) is 9.97 Å². The molecule has 124 valence electrons. The van der Waals surface area contributed by atoms with E-state index in [1.807, 2.05) is 18.2 Å². The van der Waals surface area contributed by atoms with Crippen LogP contribution in [-0.2, 0) is 4.79 Å². The van der Waals surface area contributed by atoms with Crippen LogP contribution in [0.25, 0.3) is 11.3 Å². The molecule has 0 saturated carbocycles. The molecule has 0 bridgehead atoms. The molecule has 1 unspecified atom stereocenters. The van der Waals surface area contributed by atoms with Crippen LogP contribution in [0.3, 0.4) is 0 Å². The Morgan fingerprint density at radius 3 is 3.12 bits per heavy atom. The average molecular weight is 325 g/mol. The first-order chi connectivity index (χ1) is 11.7. The molecule has 7 nitrogen and oxygen atoms in total. The maximum atomic E-state index is 11.5. The first-order valence-electron chi connectivity index (χ1n) is 8.09. The smallest absolute Gasteiger partial charge is 0.262 e. The number of piperidine rings is 1. The summed E-state index contributed by atoms with van der Waals surface area (Å²) in [5.74, 6) is 1.31. The molecule has 1 saturated heterocycles. The van der Waals surface area contributed by atoms with E-state index in [1.54, 1.807) is 12.4 Å². The third-order valence-electron chi connectivity index (χ3n) is 4.32. The van der Waals surface area contributed by atoms with E-state index in [2.05, 4.69) is 15.2 Å². The largest absolute Gasteiger partial charge is 0.481 e. The SMILES string of the molecule is NC1CCCN(c2cncc(-c3cccc4c3OCC(=O)N4)n2)C1. The van der Waals surface area contributed by atoms with Gasteiger partial charge in [0.05, 0.1) is 23.8 Å². The number of nitrogens with two attached hydrogens (primary N) is 1. The summed E-state index contributed by atoms with van der Waals surface area (Å²) in [6, 6.07) is 5.78. The summed E-state index contributed by atoms with van der Waals surface area (Å²) in [5, 5.41) is 2.81. The summed E-state index contributed by atoms with van der Waals surface area (Å²) in [7, 11) is 0. The Hall–Kier alpha value is -2.67. The van der Waals surface area contributed by atoms with Crippen LogP contribution in [-0.4, -0.2) is 41.6 Å². The first kappa shape index (κ1) is 14.9. The quantitative estimate of drug-likeness (QED) is 0.867. The molecule has 1 aromatic heterocycles. The molecule has 2 aromatic rings. The highest BCUT2D eigenvalue weighted by Crippen LogP contribution is 2.37. The number of hydrogen-bond donors (Lipinski definition) is 2. The van der Waals surface area contributed by atoms with Gasteiger partial charge in [-0.2, -0.15) is 0 Å². The Morgan fingerprint density at radius 1 is 1.33 bits per heavy atom. The minimum Gasteiger partial charge on any atom is -0.481 e. The van der Waals surface area contributed by atoms with Crippen LogP contribution in [0.1, 0.15) is 12.8 Å². The van der Waals surface area contributed by atoms with Gasteiger partial charge >= 0.3 is 0 Å². The van der Waals surface area contributed by atoms with Gasteiger partial charge in [0.15, 0.2) is 12.4 Å². The van der Waals surface area contributed by atoms with Crippen molar-refractivity contribution in [2.45, 2.75) is 18.9 Å². The van der Waals surface area contributed by atoms with Gasteiger partial charge in [-0.05, 0) is 25.0 Å². The molecule has 7 heteroatoms. The molecule has 4 rings (SSSR count). The third kappa shape index (κ3) is 2.78. The lowest BCUT2D eigenvalue weighted by Gasteiger charge is -2.31. The van der Waals surface area contributed by atoms with Crippen molar-refractivity contribution in [3.8, 4) is 17.0 Å². The second kappa shape index (κ2) is 6.09. The van der Waals surface area contributed by atoms with Gasteiger partial charge in [-0.3, -0.25) is 9.78 Å². The summed E-state index contributed by atoms with van der Waals surface area (Å²) in [4.78, 5) is 22.7. The minimum absolute atomic E-state index is 0.0120. The van der Waals surface area contributed by atoms with Gasteiger partial charge in [0, 0.05) is 24.7 Å². The fourth-order valence-electron chi connectivity index (χ4n) is 3.17. The number of para-hydroxylation sites is 1. The Bertz CT molecular complexity index is 779. The van der Waals surface area contributed by atoms with Crippen LogP contribution in [0.2, 0.25) is 0 Å². The number of nitrogens with zero attached hydrogens (tertiary/aromatic N) is 3. The van der Waals surface area contributed by atoms with Crippen molar-refractivity contribution < 1.29 is 9.53 Å². The minimum atomic E-state index is -0.151. The van der Waals surface area contributed by atoms with Gasteiger partial charge in [-0.15, -0.1) is 0 Å². The number of aromatic nitrogens is 2. The maximum absolute atomic E-state index is 11.5. The number of hydrogen-bond acceptors (Lipinski definition) is 6. The lowest BCUT2D eigenvalue weighted by atomic mass is 10.1. The average Bonchev–Trinajstić information content (AvgIpc) is 2.61. The van der Waals surface area contributed by atoms with Crippen molar-refractivity contribution in [3.63, 3.8) is 0 Å². The highest BCUT2D eigenvalue weighted by molar-refractivity contribution is 5.97. The molecule has 1 fully saturated rings. The van der Waals surface area contributed by atoms with Crippen LogP contribution >= 0.6 is 0 Å². The van der Waals surface area contributed by atoms with Crippen molar-refractivity contribution >= 4 is 17.4 Å². The number of carbonyl (C=O) groups is 1. The number of nitrogens with one attached hydrogen (secondary N) is 1. The molecule has 2 aliphatic rings. The number of carbonyl (C=O) groups excluding carboxylic acids is 1. The maximum Gasteiger partial charge on any atom is 0.262 e. The van der Waals surface area contributed by atoms with Gasteiger partial charge in [0.2, 0.25) is 0 Å². The topological polar surface area (TPSA) is 93.4 Å². The molecule has 24 heavy (non-hydrogen) atoms. The van der Waals surface area contributed by atoms with Crippen LogP contribution < -0.4 is 20.7 Å². The molecule has 3 heterocycles. The van der Waals surface area contributed by atoms with E-state index in [9.17, 15) is 4.79 Å². The predicted octanol–water partition coefficient (Wildman–Crippen LogP) is 1.40. The molecular formula is C17H19N5O2. The second-order valence-corrected chi connectivity index (χ2v) is 6.13. The Labute approximate surface area is 139 Å². The van der Waals surface area contributed by atoms with E-state index in [1.165, 1.54) is 0 Å². The van der Waals surface area contributed by atoms with E-state index < -0.39 is 0 Å². The predicted molar refractivity (Wildman–Crippen MR) is 91.0 cm³/mol. The summed E-state index contributed by atoms with van der Waals surface area (Å²) in [5.41, 5.74) is 8.27. The standard InChI is InChI=1S/C17H19N5O2/c18-11-3-2-6-22(9-11)15-8-19-7-14(20-15)12-4-1-5-13-17(12)24-10-16(23)21-13/h1,4-5,7-8,11H,2-3,6,9-10,18H2,(H,21,23). The van der Waals surface area contributed by atoms with E-state index in [0.717, 1.165) is 43.0 Å². The molecule has 3 N–H and O–H groups in total. The van der Waals surface area contributed by atoms with E-state index in [-0.39, 0.29) is 18.6 Å². The van der Waals surface area contributed by atoms with Crippen molar-refractivity contribution in [2.24, 2.45) is 5.73 Å². The number of fused-ring (bicyclic) bond motifs is 1. The lowest BCUT2D eigenvalue weighted by Crippen LogP contribution is -2.43. The number of anilines is 2. The molecule has 1 aromatic carbocycles. The Morgan fingerprint density at radius 2 is 2.25 bits per heavy atom. The van der Waals surface area contributed by atoms with Crippen LogP contribution in [0.5, 0.6) is 5.75 Å². The van der Waals surface area contributed by atoms with Crippen molar-refractivity contribution in [2.75, 3.05) is 29.9 Å². The van der Waals surface area contributed by atoms with Crippen LogP contribution in [0.15, 0.2) is 30.6 Å². The molecule has 0 radical (unpaired) electrons. The summed E-state index contributed by atoms with van der Waals surface area (Å²) in [6.07, 6.45) is 5.58. The number of ether oxygens (including phenoxy) is 1. The zero-order chi connectivity index (χ0) is 16.5. The van der Waals surface area contributed by atoms with Gasteiger partial charge in [0.1, 0.15) is 5.82 Å². The summed E-state index contributed by atoms with van der Waals surface area (Å²) >= 11 is 0. The zero-order valence-electron chi connectivity index (χ0n) is 13.2. The van der Waals surface area contributed by atoms with Gasteiger partial charge in [-0.1, -0.05) is 6.07 Å². The van der Waals surface area contributed by atoms with Crippen LogP contribution in [0, 0.1) is 0 Å². The van der Waals surface area contributed by atoms with Gasteiger partial charge < -0.3 is 20.7 Å². The highest BCUT2D eigenvalue weighted by Gasteiger charge is 2.22. The molecular weight excluding hydrogens is 306 g/mol. The lowest BCUT2D eigenvalue weighted by molar-refractivity contribution is -0.118. The van der Waals surface area contributed by atoms with E-state index in [4.69, 9.17) is 15.5 Å². The fraction of sp³-hybridized carbons (Fsp3) is 0.353.